The van der Waals surface area contributed by atoms with Crippen molar-refractivity contribution in [3.8, 4) is 17.6 Å². The summed E-state index contributed by atoms with van der Waals surface area (Å²) in [5, 5.41) is 18.3. The lowest BCUT2D eigenvalue weighted by molar-refractivity contribution is -0.136. The third-order valence-electron chi connectivity index (χ3n) is 2.60. The summed E-state index contributed by atoms with van der Waals surface area (Å²) in [6.45, 7) is 0. The maximum Gasteiger partial charge on any atom is 0.307 e. The van der Waals surface area contributed by atoms with Gasteiger partial charge in [-0.2, -0.15) is 5.26 Å². The molecule has 0 bridgehead atoms. The van der Waals surface area contributed by atoms with E-state index in [-0.39, 0.29) is 6.42 Å². The molecule has 0 heterocycles. The molecule has 0 atom stereocenters. The fourth-order valence-corrected chi connectivity index (χ4v) is 1.87. The molecule has 1 N–H and O–H groups in total. The van der Waals surface area contributed by atoms with Crippen molar-refractivity contribution in [3.05, 3.63) is 58.6 Å². The first kappa shape index (κ1) is 13.9. The molecule has 0 fully saturated rings. The first-order valence-corrected chi connectivity index (χ1v) is 6.15. The molecular weight excluding hydrogens is 278 g/mol. The summed E-state index contributed by atoms with van der Waals surface area (Å²) < 4.78 is 5.64. The van der Waals surface area contributed by atoms with Crippen molar-refractivity contribution in [2.75, 3.05) is 0 Å². The summed E-state index contributed by atoms with van der Waals surface area (Å²) in [5.41, 5.74) is 0.864. The Morgan fingerprint density at radius 1 is 1.25 bits per heavy atom. The van der Waals surface area contributed by atoms with E-state index in [1.165, 1.54) is 6.07 Å². The van der Waals surface area contributed by atoms with Crippen LogP contribution in [0.5, 0.6) is 11.5 Å². The van der Waals surface area contributed by atoms with Gasteiger partial charge in [0.05, 0.1) is 12.0 Å². The topological polar surface area (TPSA) is 70.3 Å². The van der Waals surface area contributed by atoms with Gasteiger partial charge in [-0.25, -0.2) is 0 Å². The molecule has 2 aromatic carbocycles. The number of rotatable bonds is 4. The summed E-state index contributed by atoms with van der Waals surface area (Å²) in [7, 11) is 0. The smallest absolute Gasteiger partial charge is 0.307 e. The van der Waals surface area contributed by atoms with E-state index in [9.17, 15) is 4.79 Å². The second-order valence-corrected chi connectivity index (χ2v) is 4.47. The van der Waals surface area contributed by atoms with Gasteiger partial charge in [0, 0.05) is 16.7 Å². The number of hydrogen-bond acceptors (Lipinski definition) is 3. The van der Waals surface area contributed by atoms with Gasteiger partial charge in [-0.15, -0.1) is 0 Å². The Labute approximate surface area is 120 Å². The monoisotopic (exact) mass is 287 g/mol. The maximum absolute atomic E-state index is 10.8. The normalized spacial score (nSPS) is 9.80. The number of ether oxygens (including phenoxy) is 1. The van der Waals surface area contributed by atoms with Crippen LogP contribution in [-0.2, 0) is 11.2 Å². The quantitative estimate of drug-likeness (QED) is 0.932. The van der Waals surface area contributed by atoms with E-state index in [0.717, 1.165) is 0 Å². The third-order valence-corrected chi connectivity index (χ3v) is 2.83. The van der Waals surface area contributed by atoms with Crippen LogP contribution in [0.4, 0.5) is 0 Å². The molecular formula is C15H10ClNO3. The van der Waals surface area contributed by atoms with Gasteiger partial charge in [0.15, 0.2) is 0 Å². The van der Waals surface area contributed by atoms with E-state index < -0.39 is 5.97 Å². The minimum absolute atomic E-state index is 0.154. The highest BCUT2D eigenvalue weighted by Gasteiger charge is 2.11. The molecule has 0 aromatic heterocycles. The van der Waals surface area contributed by atoms with E-state index in [1.807, 2.05) is 6.07 Å². The maximum atomic E-state index is 10.8. The lowest BCUT2D eigenvalue weighted by Gasteiger charge is -2.11. The van der Waals surface area contributed by atoms with Crippen molar-refractivity contribution in [1.29, 1.82) is 5.26 Å². The number of carboxylic acids is 1. The third kappa shape index (κ3) is 3.28. The Bertz CT molecular complexity index is 692. The molecule has 0 amide bonds. The molecule has 5 heteroatoms. The zero-order valence-corrected chi connectivity index (χ0v) is 11.1. The van der Waals surface area contributed by atoms with Crippen molar-refractivity contribution >= 4 is 17.6 Å². The number of nitrogens with zero attached hydrogens (tertiary/aromatic N) is 1. The zero-order valence-electron chi connectivity index (χ0n) is 10.3. The van der Waals surface area contributed by atoms with Gasteiger partial charge in [0.1, 0.15) is 17.6 Å². The van der Waals surface area contributed by atoms with Gasteiger partial charge in [-0.3, -0.25) is 4.79 Å². The lowest BCUT2D eigenvalue weighted by atomic mass is 10.1. The van der Waals surface area contributed by atoms with E-state index in [1.54, 1.807) is 36.4 Å². The summed E-state index contributed by atoms with van der Waals surface area (Å²) in [4.78, 5) is 10.8. The van der Waals surface area contributed by atoms with Crippen LogP contribution in [0.3, 0.4) is 0 Å². The van der Waals surface area contributed by atoms with Crippen molar-refractivity contribution in [2.24, 2.45) is 0 Å². The Hall–Kier alpha value is -2.51. The second kappa shape index (κ2) is 6.09. The fourth-order valence-electron chi connectivity index (χ4n) is 1.70. The molecule has 4 nitrogen and oxygen atoms in total. The molecule has 0 spiro atoms. The molecule has 0 saturated heterocycles. The molecule has 20 heavy (non-hydrogen) atoms. The lowest BCUT2D eigenvalue weighted by Crippen LogP contribution is -2.02. The van der Waals surface area contributed by atoms with Crippen molar-refractivity contribution < 1.29 is 14.6 Å². The van der Waals surface area contributed by atoms with E-state index in [0.29, 0.717) is 27.6 Å². The van der Waals surface area contributed by atoms with E-state index in [4.69, 9.17) is 26.7 Å². The minimum Gasteiger partial charge on any atom is -0.481 e. The first-order valence-electron chi connectivity index (χ1n) is 5.77. The molecule has 0 unspecified atom stereocenters. The number of halogens is 1. The Kier molecular flexibility index (Phi) is 4.24. The van der Waals surface area contributed by atoms with Crippen LogP contribution in [0.1, 0.15) is 11.1 Å². The number of benzene rings is 2. The molecule has 2 rings (SSSR count). The summed E-state index contributed by atoms with van der Waals surface area (Å²) >= 11 is 5.88. The molecule has 0 saturated carbocycles. The fraction of sp³-hybridized carbons (Fsp3) is 0.0667. The number of carbonyl (C=O) groups is 1. The van der Waals surface area contributed by atoms with E-state index in [2.05, 4.69) is 0 Å². The number of para-hydroxylation sites is 1. The average Bonchev–Trinajstić information content (AvgIpc) is 2.41. The van der Waals surface area contributed by atoms with Gasteiger partial charge in [-0.1, -0.05) is 29.8 Å². The first-order chi connectivity index (χ1) is 9.60. The largest absolute Gasteiger partial charge is 0.481 e. The molecule has 0 aliphatic carbocycles. The summed E-state index contributed by atoms with van der Waals surface area (Å²) in [6.07, 6.45) is -0.154. The Morgan fingerprint density at radius 2 is 2.00 bits per heavy atom. The number of carboxylic acid groups (broad SMARTS) is 1. The molecule has 100 valence electrons. The standard InChI is InChI=1S/C15H10ClNO3/c16-12-6-5-11(9-17)14(8-12)20-13-4-2-1-3-10(13)7-15(18)19/h1-6,8H,7H2,(H,18,19). The SMILES string of the molecule is N#Cc1ccc(Cl)cc1Oc1ccccc1CC(=O)O. The zero-order chi connectivity index (χ0) is 14.5. The Morgan fingerprint density at radius 3 is 2.70 bits per heavy atom. The highest BCUT2D eigenvalue weighted by molar-refractivity contribution is 6.30. The number of nitriles is 1. The Balaban J connectivity index is 2.38. The molecule has 2 aromatic rings. The van der Waals surface area contributed by atoms with Crippen molar-refractivity contribution in [2.45, 2.75) is 6.42 Å². The van der Waals surface area contributed by atoms with Gasteiger partial charge in [0.25, 0.3) is 0 Å². The molecule has 0 aliphatic heterocycles. The van der Waals surface area contributed by atoms with Crippen LogP contribution >= 0.6 is 11.6 Å². The van der Waals surface area contributed by atoms with Crippen LogP contribution in [-0.4, -0.2) is 11.1 Å². The van der Waals surface area contributed by atoms with Crippen LogP contribution < -0.4 is 4.74 Å². The highest BCUT2D eigenvalue weighted by atomic mass is 35.5. The van der Waals surface area contributed by atoms with Crippen LogP contribution in [0.25, 0.3) is 0 Å². The van der Waals surface area contributed by atoms with Crippen molar-refractivity contribution in [3.63, 3.8) is 0 Å². The van der Waals surface area contributed by atoms with Crippen LogP contribution in [0.15, 0.2) is 42.5 Å². The minimum atomic E-state index is -0.951. The number of hydrogen-bond donors (Lipinski definition) is 1. The van der Waals surface area contributed by atoms with Gasteiger partial charge >= 0.3 is 5.97 Å². The second-order valence-electron chi connectivity index (χ2n) is 4.03. The predicted octanol–water partition coefficient (Wildman–Crippen LogP) is 3.63. The highest BCUT2D eigenvalue weighted by Crippen LogP contribution is 2.30. The van der Waals surface area contributed by atoms with Crippen LogP contribution in [0.2, 0.25) is 5.02 Å². The molecule has 0 aliphatic rings. The molecule has 0 radical (unpaired) electrons. The van der Waals surface area contributed by atoms with Crippen LogP contribution in [0, 0.1) is 11.3 Å². The van der Waals surface area contributed by atoms with Gasteiger partial charge < -0.3 is 9.84 Å². The average molecular weight is 288 g/mol. The van der Waals surface area contributed by atoms with Crippen molar-refractivity contribution in [1.82, 2.24) is 0 Å². The van der Waals surface area contributed by atoms with Gasteiger partial charge in [0.2, 0.25) is 0 Å². The number of aliphatic carboxylic acids is 1. The van der Waals surface area contributed by atoms with Gasteiger partial charge in [-0.05, 0) is 18.2 Å². The summed E-state index contributed by atoms with van der Waals surface area (Å²) in [5.74, 6) is -0.251. The summed E-state index contributed by atoms with van der Waals surface area (Å²) in [6, 6.07) is 13.5. The van der Waals surface area contributed by atoms with E-state index >= 15 is 0 Å². The predicted molar refractivity (Wildman–Crippen MR) is 74.0 cm³/mol.